The minimum Gasteiger partial charge on any atom is -0.459 e. The first kappa shape index (κ1) is 15.2. The first-order chi connectivity index (χ1) is 7.86. The molecule has 1 amide bonds. The largest absolute Gasteiger partial charge is 0.459 e. The topological polar surface area (TPSA) is 81.7 Å². The van der Waals surface area contributed by atoms with Crippen LogP contribution in [0, 0.1) is 0 Å². The zero-order valence-electron chi connectivity index (χ0n) is 10.5. The number of hydrogen-bond acceptors (Lipinski definition) is 5. The Morgan fingerprint density at radius 3 is 2.12 bits per heavy atom. The number of esters is 1. The lowest BCUT2D eigenvalue weighted by Gasteiger charge is -2.11. The Hall–Kier alpha value is -1.85. The van der Waals surface area contributed by atoms with Gasteiger partial charge in [0.1, 0.15) is 18.8 Å². The molecule has 0 aromatic rings. The third kappa shape index (κ3) is 7.10. The van der Waals surface area contributed by atoms with Crippen molar-refractivity contribution in [3.05, 3.63) is 11.3 Å². The van der Waals surface area contributed by atoms with Crippen LogP contribution < -0.4 is 5.32 Å². The normalized spacial score (nSPS) is 9.18. The van der Waals surface area contributed by atoms with E-state index in [9.17, 15) is 14.4 Å². The van der Waals surface area contributed by atoms with Gasteiger partial charge in [0.05, 0.1) is 12.8 Å². The quantitative estimate of drug-likeness (QED) is 0.578. The molecule has 6 nitrogen and oxygen atoms in total. The van der Waals surface area contributed by atoms with Gasteiger partial charge in [0.2, 0.25) is 0 Å². The van der Waals surface area contributed by atoms with Crippen LogP contribution in [0.1, 0.15) is 27.2 Å². The van der Waals surface area contributed by atoms with Gasteiger partial charge in [-0.15, -0.1) is 0 Å². The minimum absolute atomic E-state index is 0.0937. The number of hydrogen-bond donors (Lipinski definition) is 1. The fourth-order valence-electron chi connectivity index (χ4n) is 0.887. The van der Waals surface area contributed by atoms with E-state index in [4.69, 9.17) is 4.74 Å². The number of rotatable bonds is 5. The summed E-state index contributed by atoms with van der Waals surface area (Å²) in [5.41, 5.74) is 1.22. The summed E-state index contributed by atoms with van der Waals surface area (Å²) in [5.74, 6) is -0.891. The van der Waals surface area contributed by atoms with E-state index >= 15 is 0 Å². The number of methoxy groups -OCH3 is 1. The van der Waals surface area contributed by atoms with Crippen LogP contribution in [0.25, 0.3) is 0 Å². The molecule has 0 aromatic carbocycles. The van der Waals surface area contributed by atoms with Crippen LogP contribution in [0.5, 0.6) is 0 Å². The van der Waals surface area contributed by atoms with E-state index in [-0.39, 0.29) is 18.8 Å². The Bertz CT molecular complexity index is 342. The molecule has 17 heavy (non-hydrogen) atoms. The van der Waals surface area contributed by atoms with E-state index < -0.39 is 12.1 Å². The zero-order valence-corrected chi connectivity index (χ0v) is 10.5. The van der Waals surface area contributed by atoms with Crippen molar-refractivity contribution < 1.29 is 23.9 Å². The number of carbonyl (C=O) groups is 3. The highest BCUT2D eigenvalue weighted by atomic mass is 16.5. The molecule has 0 bridgehead atoms. The van der Waals surface area contributed by atoms with Crippen LogP contribution >= 0.6 is 0 Å². The number of ketones is 1. The van der Waals surface area contributed by atoms with E-state index in [1.165, 1.54) is 14.0 Å². The average Bonchev–Trinajstić information content (AvgIpc) is 2.22. The number of Topliss-reactive ketones (excluding diaryl/α,β-unsaturated/α-hetero) is 1. The standard InChI is InChI=1S/C11H17NO5/c1-7(2)9(12-11(15)16-4)6-17-10(14)5-8(3)13/h5-6H2,1-4H3,(H,12,15). The Balaban J connectivity index is 4.30. The fraction of sp³-hybridized carbons (Fsp3) is 0.545. The molecule has 0 radical (unpaired) electrons. The maximum absolute atomic E-state index is 11.1. The Kier molecular flexibility index (Phi) is 6.62. The van der Waals surface area contributed by atoms with E-state index in [0.29, 0.717) is 5.70 Å². The summed E-state index contributed by atoms with van der Waals surface area (Å²) in [7, 11) is 1.24. The molecule has 6 heteroatoms. The summed E-state index contributed by atoms with van der Waals surface area (Å²) in [4.78, 5) is 32.8. The third-order valence-corrected chi connectivity index (χ3v) is 1.81. The van der Waals surface area contributed by atoms with Gasteiger partial charge in [0.25, 0.3) is 0 Å². The lowest BCUT2D eigenvalue weighted by Crippen LogP contribution is -2.27. The van der Waals surface area contributed by atoms with Gasteiger partial charge < -0.3 is 9.47 Å². The van der Waals surface area contributed by atoms with Crippen molar-refractivity contribution >= 4 is 17.8 Å². The molecule has 0 rings (SSSR count). The second kappa shape index (κ2) is 7.43. The lowest BCUT2D eigenvalue weighted by molar-refractivity contribution is -0.144. The maximum Gasteiger partial charge on any atom is 0.411 e. The molecular formula is C11H17NO5. The molecular weight excluding hydrogens is 226 g/mol. The predicted molar refractivity (Wildman–Crippen MR) is 60.2 cm³/mol. The number of nitrogens with one attached hydrogen (secondary N) is 1. The van der Waals surface area contributed by atoms with E-state index in [0.717, 1.165) is 5.57 Å². The molecule has 0 aliphatic rings. The van der Waals surface area contributed by atoms with Gasteiger partial charge >= 0.3 is 12.1 Å². The summed E-state index contributed by atoms with van der Waals surface area (Å²) in [6, 6.07) is 0. The van der Waals surface area contributed by atoms with Crippen molar-refractivity contribution in [3.8, 4) is 0 Å². The second-order valence-corrected chi connectivity index (χ2v) is 3.63. The lowest BCUT2D eigenvalue weighted by atomic mass is 10.2. The summed E-state index contributed by atoms with van der Waals surface area (Å²) in [6.45, 7) is 4.72. The molecule has 0 atom stereocenters. The predicted octanol–water partition coefficient (Wildman–Crippen LogP) is 1.16. The number of amides is 1. The molecule has 0 heterocycles. The van der Waals surface area contributed by atoms with Crippen molar-refractivity contribution in [3.63, 3.8) is 0 Å². The third-order valence-electron chi connectivity index (χ3n) is 1.81. The SMILES string of the molecule is COC(=O)NC(COC(=O)CC(C)=O)=C(C)C. The van der Waals surface area contributed by atoms with Crippen LogP contribution in [0.4, 0.5) is 4.79 Å². The second-order valence-electron chi connectivity index (χ2n) is 3.63. The number of allylic oxidation sites excluding steroid dienone is 1. The van der Waals surface area contributed by atoms with Gasteiger partial charge in [-0.25, -0.2) is 4.79 Å². The first-order valence-electron chi connectivity index (χ1n) is 5.03. The molecule has 0 unspecified atom stereocenters. The van der Waals surface area contributed by atoms with Gasteiger partial charge in [-0.2, -0.15) is 0 Å². The van der Waals surface area contributed by atoms with Crippen molar-refractivity contribution in [1.29, 1.82) is 0 Å². The van der Waals surface area contributed by atoms with E-state index in [1.54, 1.807) is 13.8 Å². The summed E-state index contributed by atoms with van der Waals surface area (Å²) in [6.07, 6.45) is -0.905. The smallest absolute Gasteiger partial charge is 0.411 e. The van der Waals surface area contributed by atoms with E-state index in [2.05, 4.69) is 10.1 Å². The number of carbonyl (C=O) groups excluding carboxylic acids is 3. The molecule has 0 aliphatic heterocycles. The number of ether oxygens (including phenoxy) is 2. The molecule has 0 spiro atoms. The molecule has 1 N–H and O–H groups in total. The van der Waals surface area contributed by atoms with Crippen molar-refractivity contribution in [2.75, 3.05) is 13.7 Å². The van der Waals surface area contributed by atoms with Crippen molar-refractivity contribution in [1.82, 2.24) is 5.32 Å². The molecule has 0 saturated heterocycles. The van der Waals surface area contributed by atoms with Gasteiger partial charge in [-0.05, 0) is 20.8 Å². The molecule has 96 valence electrons. The summed E-state index contributed by atoms with van der Waals surface area (Å²) >= 11 is 0. The van der Waals surface area contributed by atoms with Crippen molar-refractivity contribution in [2.45, 2.75) is 27.2 Å². The summed E-state index contributed by atoms with van der Waals surface area (Å²) < 4.78 is 9.26. The Morgan fingerprint density at radius 1 is 1.12 bits per heavy atom. The van der Waals surface area contributed by atoms with Crippen molar-refractivity contribution in [2.24, 2.45) is 0 Å². The highest BCUT2D eigenvalue weighted by molar-refractivity contribution is 5.94. The minimum atomic E-state index is -0.635. The Morgan fingerprint density at radius 2 is 1.71 bits per heavy atom. The summed E-state index contributed by atoms with van der Waals surface area (Å²) in [5, 5.41) is 2.43. The zero-order chi connectivity index (χ0) is 13.4. The monoisotopic (exact) mass is 243 g/mol. The van der Waals surface area contributed by atoms with E-state index in [1.807, 2.05) is 0 Å². The highest BCUT2D eigenvalue weighted by Crippen LogP contribution is 2.02. The molecule has 0 fully saturated rings. The molecule has 0 saturated carbocycles. The Labute approximate surface area is 100.0 Å². The van der Waals surface area contributed by atoms with Gasteiger partial charge in [-0.1, -0.05) is 5.57 Å². The van der Waals surface area contributed by atoms with Crippen LogP contribution in [-0.4, -0.2) is 31.6 Å². The number of alkyl carbamates (subject to hydrolysis) is 1. The average molecular weight is 243 g/mol. The highest BCUT2D eigenvalue weighted by Gasteiger charge is 2.10. The van der Waals surface area contributed by atoms with Gasteiger partial charge in [0.15, 0.2) is 0 Å². The van der Waals surface area contributed by atoms with Gasteiger partial charge in [0, 0.05) is 0 Å². The van der Waals surface area contributed by atoms with Crippen LogP contribution in [0.2, 0.25) is 0 Å². The molecule has 0 aliphatic carbocycles. The van der Waals surface area contributed by atoms with Crippen LogP contribution in [0.3, 0.4) is 0 Å². The fourth-order valence-corrected chi connectivity index (χ4v) is 0.887. The maximum atomic E-state index is 11.1. The van der Waals surface area contributed by atoms with Crippen LogP contribution in [-0.2, 0) is 19.1 Å². The van der Waals surface area contributed by atoms with Crippen LogP contribution in [0.15, 0.2) is 11.3 Å². The van der Waals surface area contributed by atoms with Gasteiger partial charge in [-0.3, -0.25) is 14.9 Å². The first-order valence-corrected chi connectivity index (χ1v) is 5.03. The molecule has 0 aromatic heterocycles.